The van der Waals surface area contributed by atoms with Crippen LogP contribution in [0.1, 0.15) is 43.7 Å². The molecule has 1 aromatic carbocycles. The molecule has 0 amide bonds. The summed E-state index contributed by atoms with van der Waals surface area (Å²) in [6.45, 7) is 3.68. The highest BCUT2D eigenvalue weighted by Gasteiger charge is 2.43. The summed E-state index contributed by atoms with van der Waals surface area (Å²) < 4.78 is 5.48. The van der Waals surface area contributed by atoms with E-state index in [1.807, 2.05) is 0 Å². The molecule has 3 fully saturated rings. The molecule has 3 aliphatic rings. The fourth-order valence-electron chi connectivity index (χ4n) is 4.53. The van der Waals surface area contributed by atoms with Crippen molar-refractivity contribution in [2.75, 3.05) is 33.8 Å². The first-order chi connectivity index (χ1) is 11.7. The molecule has 2 atom stereocenters. The molecule has 0 bridgehead atoms. The van der Waals surface area contributed by atoms with Crippen LogP contribution in [-0.2, 0) is 0 Å². The second-order valence-electron chi connectivity index (χ2n) is 7.83. The average Bonchev–Trinajstić information content (AvgIpc) is 3.38. The van der Waals surface area contributed by atoms with Crippen molar-refractivity contribution in [2.45, 2.75) is 56.3 Å². The second-order valence-corrected chi connectivity index (χ2v) is 7.83. The first-order valence-corrected chi connectivity index (χ1v) is 9.59. The van der Waals surface area contributed by atoms with Gasteiger partial charge in [-0.2, -0.15) is 0 Å². The number of hydrogen-bond donors (Lipinski definition) is 1. The van der Waals surface area contributed by atoms with Gasteiger partial charge in [-0.15, -0.1) is 0 Å². The molecule has 1 aliphatic carbocycles. The Labute approximate surface area is 146 Å². The number of likely N-dealkylation sites (tertiary alicyclic amines) is 2. The van der Waals surface area contributed by atoms with E-state index in [-0.39, 0.29) is 0 Å². The van der Waals surface area contributed by atoms with Crippen LogP contribution in [0.25, 0.3) is 0 Å². The number of nitrogens with one attached hydrogen (secondary N) is 1. The minimum atomic E-state index is 0.507. The van der Waals surface area contributed by atoms with E-state index in [9.17, 15) is 0 Å². The van der Waals surface area contributed by atoms with E-state index >= 15 is 0 Å². The Morgan fingerprint density at radius 3 is 2.54 bits per heavy atom. The lowest BCUT2D eigenvalue weighted by molar-refractivity contribution is 0.193. The summed E-state index contributed by atoms with van der Waals surface area (Å²) in [6, 6.07) is 11.3. The summed E-state index contributed by atoms with van der Waals surface area (Å²) in [6.07, 6.45) is 6.58. The van der Waals surface area contributed by atoms with Gasteiger partial charge >= 0.3 is 0 Å². The van der Waals surface area contributed by atoms with Crippen molar-refractivity contribution >= 4 is 0 Å². The molecular formula is C20H31N3O. The van der Waals surface area contributed by atoms with Gasteiger partial charge in [-0.25, -0.2) is 0 Å². The van der Waals surface area contributed by atoms with E-state index < -0.39 is 0 Å². The normalized spacial score (nSPS) is 29.9. The molecule has 1 aromatic rings. The maximum Gasteiger partial charge on any atom is 0.119 e. The van der Waals surface area contributed by atoms with Crippen molar-refractivity contribution < 1.29 is 4.74 Å². The largest absolute Gasteiger partial charge is 0.497 e. The van der Waals surface area contributed by atoms with Crippen LogP contribution < -0.4 is 10.1 Å². The molecule has 0 radical (unpaired) electrons. The third-order valence-electron chi connectivity index (χ3n) is 6.06. The summed E-state index contributed by atoms with van der Waals surface area (Å²) in [5.41, 5.74) is 1.42. The maximum atomic E-state index is 5.48. The van der Waals surface area contributed by atoms with Gasteiger partial charge in [-0.1, -0.05) is 12.1 Å². The van der Waals surface area contributed by atoms with Gasteiger partial charge in [0.2, 0.25) is 0 Å². The topological polar surface area (TPSA) is 27.7 Å². The fraction of sp³-hybridized carbons (Fsp3) is 0.700. The second kappa shape index (κ2) is 7.03. The molecule has 1 N–H and O–H groups in total. The zero-order chi connectivity index (χ0) is 16.5. The quantitative estimate of drug-likeness (QED) is 0.899. The standard InChI is InChI=1S/C20H31N3O/c1-22-11-8-16(9-12-22)21-19-10-13-23(17-6-7-17)20(19)15-4-3-5-18(14-15)24-2/h3-5,14,16-17,19-21H,6-13H2,1-2H3/t19-,20-/m1/s1. The van der Waals surface area contributed by atoms with Gasteiger partial charge in [0, 0.05) is 24.7 Å². The summed E-state index contributed by atoms with van der Waals surface area (Å²) >= 11 is 0. The number of piperidine rings is 1. The molecule has 4 rings (SSSR count). The van der Waals surface area contributed by atoms with E-state index in [0.29, 0.717) is 18.1 Å². The van der Waals surface area contributed by atoms with Gasteiger partial charge in [-0.05, 0) is 69.9 Å². The van der Waals surface area contributed by atoms with Crippen LogP contribution in [-0.4, -0.2) is 61.7 Å². The number of nitrogens with zero attached hydrogens (tertiary/aromatic N) is 2. The molecule has 0 unspecified atom stereocenters. The molecule has 4 heteroatoms. The Hall–Kier alpha value is -1.10. The maximum absolute atomic E-state index is 5.48. The van der Waals surface area contributed by atoms with Crippen LogP contribution in [0.3, 0.4) is 0 Å². The van der Waals surface area contributed by atoms with Crippen LogP contribution >= 0.6 is 0 Å². The van der Waals surface area contributed by atoms with Crippen molar-refractivity contribution in [3.05, 3.63) is 29.8 Å². The predicted molar refractivity (Wildman–Crippen MR) is 97.5 cm³/mol. The first-order valence-electron chi connectivity index (χ1n) is 9.59. The van der Waals surface area contributed by atoms with Crippen molar-refractivity contribution in [1.82, 2.24) is 15.1 Å². The van der Waals surface area contributed by atoms with Crippen molar-refractivity contribution in [3.8, 4) is 5.75 Å². The molecule has 2 heterocycles. The molecule has 1 saturated carbocycles. The number of benzene rings is 1. The Morgan fingerprint density at radius 2 is 1.83 bits per heavy atom. The summed E-state index contributed by atoms with van der Waals surface area (Å²) in [5, 5.41) is 4.03. The number of hydrogen-bond acceptors (Lipinski definition) is 4. The number of methoxy groups -OCH3 is 1. The minimum Gasteiger partial charge on any atom is -0.497 e. The number of rotatable bonds is 5. The number of ether oxygens (including phenoxy) is 1. The van der Waals surface area contributed by atoms with E-state index in [2.05, 4.69) is 46.4 Å². The Balaban J connectivity index is 1.51. The predicted octanol–water partition coefficient (Wildman–Crippen LogP) is 2.66. The lowest BCUT2D eigenvalue weighted by Crippen LogP contribution is -2.47. The van der Waals surface area contributed by atoms with Crippen molar-refractivity contribution in [3.63, 3.8) is 0 Å². The monoisotopic (exact) mass is 329 g/mol. The molecule has 0 aromatic heterocycles. The zero-order valence-electron chi connectivity index (χ0n) is 15.1. The Kier molecular flexibility index (Phi) is 4.79. The van der Waals surface area contributed by atoms with Crippen LogP contribution in [0.15, 0.2) is 24.3 Å². The van der Waals surface area contributed by atoms with Gasteiger partial charge in [0.1, 0.15) is 5.75 Å². The van der Waals surface area contributed by atoms with Gasteiger partial charge < -0.3 is 15.0 Å². The van der Waals surface area contributed by atoms with E-state index in [4.69, 9.17) is 4.74 Å². The molecular weight excluding hydrogens is 298 g/mol. The molecule has 24 heavy (non-hydrogen) atoms. The molecule has 132 valence electrons. The highest BCUT2D eigenvalue weighted by Crippen LogP contribution is 2.42. The highest BCUT2D eigenvalue weighted by atomic mass is 16.5. The van der Waals surface area contributed by atoms with Gasteiger partial charge in [0.05, 0.1) is 13.2 Å². The van der Waals surface area contributed by atoms with Crippen molar-refractivity contribution in [2.24, 2.45) is 0 Å². The smallest absolute Gasteiger partial charge is 0.119 e. The molecule has 2 aliphatic heterocycles. The van der Waals surface area contributed by atoms with E-state index in [0.717, 1.165) is 11.8 Å². The minimum absolute atomic E-state index is 0.507. The van der Waals surface area contributed by atoms with Crippen molar-refractivity contribution in [1.29, 1.82) is 0 Å². The molecule has 4 nitrogen and oxygen atoms in total. The Morgan fingerprint density at radius 1 is 1.04 bits per heavy atom. The highest BCUT2D eigenvalue weighted by molar-refractivity contribution is 5.32. The van der Waals surface area contributed by atoms with Crippen LogP contribution in [0, 0.1) is 0 Å². The summed E-state index contributed by atoms with van der Waals surface area (Å²) in [4.78, 5) is 5.20. The zero-order valence-corrected chi connectivity index (χ0v) is 15.1. The SMILES string of the molecule is COc1cccc([C@@H]2[C@H](NC3CCN(C)CC3)CCN2C2CC2)c1. The lowest BCUT2D eigenvalue weighted by atomic mass is 9.96. The molecule has 2 saturated heterocycles. The van der Waals surface area contributed by atoms with Gasteiger partial charge in [0.25, 0.3) is 0 Å². The lowest BCUT2D eigenvalue weighted by Gasteiger charge is -2.35. The van der Waals surface area contributed by atoms with Gasteiger partial charge in [0.15, 0.2) is 0 Å². The van der Waals surface area contributed by atoms with Gasteiger partial charge in [-0.3, -0.25) is 4.90 Å². The van der Waals surface area contributed by atoms with Crippen LogP contribution in [0.2, 0.25) is 0 Å². The van der Waals surface area contributed by atoms with E-state index in [1.54, 1.807) is 7.11 Å². The first kappa shape index (κ1) is 16.4. The van der Waals surface area contributed by atoms with E-state index in [1.165, 1.54) is 57.3 Å². The van der Waals surface area contributed by atoms with Crippen LogP contribution in [0.4, 0.5) is 0 Å². The third-order valence-corrected chi connectivity index (χ3v) is 6.06. The Bertz CT molecular complexity index is 552. The summed E-state index contributed by atoms with van der Waals surface area (Å²) in [7, 11) is 4.00. The fourth-order valence-corrected chi connectivity index (χ4v) is 4.53. The van der Waals surface area contributed by atoms with Crippen LogP contribution in [0.5, 0.6) is 5.75 Å². The molecule has 0 spiro atoms. The third kappa shape index (κ3) is 3.46. The average molecular weight is 329 g/mol. The summed E-state index contributed by atoms with van der Waals surface area (Å²) in [5.74, 6) is 0.980.